The molecule has 0 rings (SSSR count). The molecular weight excluding hydrogens is 632 g/mol. The molecule has 0 radical (unpaired) electrons. The van der Waals surface area contributed by atoms with Gasteiger partial charge in [0.2, 0.25) is 35.4 Å². The van der Waals surface area contributed by atoms with Crippen molar-refractivity contribution in [1.29, 1.82) is 0 Å². The van der Waals surface area contributed by atoms with Crippen molar-refractivity contribution >= 4 is 47.4 Å². The number of nitrogens with two attached hydrogens (primary N) is 7. The van der Waals surface area contributed by atoms with E-state index in [1.54, 1.807) is 0 Å². The highest BCUT2D eigenvalue weighted by Gasteiger charge is 2.32. The van der Waals surface area contributed by atoms with Crippen LogP contribution in [0.15, 0.2) is 4.99 Å². The Morgan fingerprint density at radius 3 is 1.38 bits per heavy atom. The molecular formula is C28H54N12O8. The molecule has 0 spiro atoms. The van der Waals surface area contributed by atoms with Crippen LogP contribution < -0.4 is 61.4 Å². The van der Waals surface area contributed by atoms with Gasteiger partial charge in [0.05, 0.1) is 6.04 Å². The quantitative estimate of drug-likeness (QED) is 0.0219. The zero-order valence-electron chi connectivity index (χ0n) is 27.3. The lowest BCUT2D eigenvalue weighted by molar-refractivity contribution is -0.142. The van der Waals surface area contributed by atoms with Gasteiger partial charge in [0, 0.05) is 19.4 Å². The number of nitrogens with zero attached hydrogens (tertiary/aromatic N) is 1. The van der Waals surface area contributed by atoms with Crippen LogP contribution in [0, 0.1) is 0 Å². The topological polar surface area (TPSA) is 382 Å². The average molecular weight is 687 g/mol. The number of aliphatic carboxylic acids is 1. The maximum Gasteiger partial charge on any atom is 0.326 e. The fourth-order valence-corrected chi connectivity index (χ4v) is 4.37. The molecule has 5 atom stereocenters. The molecule has 20 heteroatoms. The summed E-state index contributed by atoms with van der Waals surface area (Å²) in [5.41, 5.74) is 38.2. The SMILES string of the molecule is NCCCC[C@H](NC(=O)[C@H](CCC(N)=O)NC(=O)[C@H](CCCN=C(N)N)NC(=O)[C@@H](N)CCCCN)C(=O)N[C@@H](CCC(N)=O)C(=O)O. The lowest BCUT2D eigenvalue weighted by Crippen LogP contribution is -2.58. The normalized spacial score (nSPS) is 13.9. The summed E-state index contributed by atoms with van der Waals surface area (Å²) in [6.45, 7) is 0.833. The summed E-state index contributed by atoms with van der Waals surface area (Å²) < 4.78 is 0. The van der Waals surface area contributed by atoms with Gasteiger partial charge < -0.3 is 66.5 Å². The van der Waals surface area contributed by atoms with Crippen molar-refractivity contribution < 1.29 is 38.7 Å². The van der Waals surface area contributed by atoms with Crippen molar-refractivity contribution in [2.75, 3.05) is 19.6 Å². The van der Waals surface area contributed by atoms with Crippen LogP contribution in [0.4, 0.5) is 0 Å². The van der Waals surface area contributed by atoms with Gasteiger partial charge in [0.25, 0.3) is 0 Å². The Balaban J connectivity index is 6.06. The lowest BCUT2D eigenvalue weighted by atomic mass is 10.0. The zero-order valence-corrected chi connectivity index (χ0v) is 27.3. The number of amides is 6. The first kappa shape index (κ1) is 43.4. The predicted octanol–water partition coefficient (Wildman–Crippen LogP) is -4.82. The van der Waals surface area contributed by atoms with Crippen molar-refractivity contribution in [1.82, 2.24) is 21.3 Å². The molecule has 19 N–H and O–H groups in total. The maximum atomic E-state index is 13.5. The summed E-state index contributed by atoms with van der Waals surface area (Å²) in [5, 5.41) is 19.4. The first-order valence-corrected chi connectivity index (χ1v) is 15.8. The molecule has 0 saturated heterocycles. The smallest absolute Gasteiger partial charge is 0.326 e. The van der Waals surface area contributed by atoms with Crippen LogP contribution in [0.3, 0.4) is 0 Å². The second-order valence-electron chi connectivity index (χ2n) is 11.2. The highest BCUT2D eigenvalue weighted by Crippen LogP contribution is 2.08. The first-order chi connectivity index (χ1) is 22.6. The van der Waals surface area contributed by atoms with E-state index in [1.807, 2.05) is 0 Å². The number of carboxylic acid groups (broad SMARTS) is 1. The summed E-state index contributed by atoms with van der Waals surface area (Å²) in [6, 6.07) is -6.30. The van der Waals surface area contributed by atoms with E-state index in [2.05, 4.69) is 26.3 Å². The van der Waals surface area contributed by atoms with E-state index in [4.69, 9.17) is 40.1 Å². The Hall–Kier alpha value is -4.56. The van der Waals surface area contributed by atoms with Gasteiger partial charge in [0.1, 0.15) is 24.2 Å². The first-order valence-electron chi connectivity index (χ1n) is 15.8. The summed E-state index contributed by atoms with van der Waals surface area (Å²) in [5.74, 6) is -6.30. The molecule has 274 valence electrons. The van der Waals surface area contributed by atoms with Gasteiger partial charge in [-0.05, 0) is 70.9 Å². The van der Waals surface area contributed by atoms with Crippen molar-refractivity contribution in [3.05, 3.63) is 0 Å². The van der Waals surface area contributed by atoms with Gasteiger partial charge in [0.15, 0.2) is 5.96 Å². The number of carboxylic acids is 1. The number of unbranched alkanes of at least 4 members (excludes halogenated alkanes) is 2. The molecule has 0 heterocycles. The van der Waals surface area contributed by atoms with Crippen molar-refractivity contribution in [2.24, 2.45) is 45.1 Å². The van der Waals surface area contributed by atoms with Crippen LogP contribution in [0.25, 0.3) is 0 Å². The fraction of sp³-hybridized carbons (Fsp3) is 0.714. The summed E-state index contributed by atoms with van der Waals surface area (Å²) in [4.78, 5) is 91.2. The van der Waals surface area contributed by atoms with Crippen molar-refractivity contribution in [3.63, 3.8) is 0 Å². The van der Waals surface area contributed by atoms with E-state index in [0.29, 0.717) is 38.6 Å². The minimum absolute atomic E-state index is 0.0406. The molecule has 48 heavy (non-hydrogen) atoms. The highest BCUT2D eigenvalue weighted by atomic mass is 16.4. The van der Waals surface area contributed by atoms with Crippen LogP contribution in [0.5, 0.6) is 0 Å². The third-order valence-electron chi connectivity index (χ3n) is 7.07. The molecule has 0 fully saturated rings. The number of rotatable bonds is 27. The van der Waals surface area contributed by atoms with Gasteiger partial charge in [-0.25, -0.2) is 4.79 Å². The van der Waals surface area contributed by atoms with Crippen LogP contribution in [0.2, 0.25) is 0 Å². The number of hydrogen-bond donors (Lipinski definition) is 12. The Bertz CT molecular complexity index is 1100. The van der Waals surface area contributed by atoms with Crippen LogP contribution in [-0.2, 0) is 33.6 Å². The van der Waals surface area contributed by atoms with E-state index in [1.165, 1.54) is 0 Å². The average Bonchev–Trinajstić information content (AvgIpc) is 3.01. The second kappa shape index (κ2) is 24.6. The van der Waals surface area contributed by atoms with Crippen LogP contribution >= 0.6 is 0 Å². The van der Waals surface area contributed by atoms with Crippen LogP contribution in [-0.4, -0.2) is 102 Å². The maximum absolute atomic E-state index is 13.5. The molecule has 0 saturated carbocycles. The minimum atomic E-state index is -1.48. The third-order valence-corrected chi connectivity index (χ3v) is 7.07. The predicted molar refractivity (Wildman–Crippen MR) is 176 cm³/mol. The molecule has 0 aliphatic rings. The number of primary amides is 2. The van der Waals surface area contributed by atoms with E-state index in [0.717, 1.165) is 0 Å². The van der Waals surface area contributed by atoms with Gasteiger partial charge in [-0.1, -0.05) is 6.42 Å². The molecule has 0 aromatic heterocycles. The van der Waals surface area contributed by atoms with Crippen molar-refractivity contribution in [3.8, 4) is 0 Å². The number of guanidine groups is 1. The Morgan fingerprint density at radius 1 is 0.542 bits per heavy atom. The van der Waals surface area contributed by atoms with E-state index < -0.39 is 71.6 Å². The number of carbonyl (C=O) groups excluding carboxylic acids is 6. The molecule has 0 aliphatic heterocycles. The monoisotopic (exact) mass is 686 g/mol. The van der Waals surface area contributed by atoms with Crippen molar-refractivity contribution in [2.45, 2.75) is 107 Å². The summed E-state index contributed by atoms with van der Waals surface area (Å²) >= 11 is 0. The van der Waals surface area contributed by atoms with Gasteiger partial charge in [-0.15, -0.1) is 0 Å². The highest BCUT2D eigenvalue weighted by molar-refractivity contribution is 5.95. The van der Waals surface area contributed by atoms with E-state index in [-0.39, 0.29) is 64.0 Å². The summed E-state index contributed by atoms with van der Waals surface area (Å²) in [7, 11) is 0. The number of nitrogens with one attached hydrogen (secondary N) is 4. The molecule has 0 aliphatic carbocycles. The Morgan fingerprint density at radius 2 is 0.938 bits per heavy atom. The molecule has 0 unspecified atom stereocenters. The Kier molecular flexibility index (Phi) is 22.3. The standard InChI is InChI=1S/C28H54N12O8/c29-13-3-1-6-16(31)23(43)37-18(8-5-15-36-28(34)35)24(44)39-19(9-11-21(32)41)26(46)38-17(7-2-4-14-30)25(45)40-20(27(47)48)10-12-22(33)42/h16-20H,1-15,29-31H2,(H2,32,41)(H2,33,42)(H,37,43)(H,38,46)(H,39,44)(H,40,45)(H,47,48)(H4,34,35,36)/t16-,17-,18-,19-,20-/m0/s1. The minimum Gasteiger partial charge on any atom is -0.480 e. The van der Waals surface area contributed by atoms with Gasteiger partial charge >= 0.3 is 5.97 Å². The fourth-order valence-electron chi connectivity index (χ4n) is 4.37. The molecule has 0 bridgehead atoms. The molecule has 20 nitrogen and oxygen atoms in total. The second-order valence-corrected chi connectivity index (χ2v) is 11.2. The van der Waals surface area contributed by atoms with Gasteiger partial charge in [-0.2, -0.15) is 0 Å². The molecule has 0 aromatic rings. The largest absolute Gasteiger partial charge is 0.480 e. The van der Waals surface area contributed by atoms with Crippen LogP contribution in [0.1, 0.15) is 77.0 Å². The number of hydrogen-bond acceptors (Lipinski definition) is 11. The van der Waals surface area contributed by atoms with Gasteiger partial charge in [-0.3, -0.25) is 33.8 Å². The Labute approximate surface area is 279 Å². The third kappa shape index (κ3) is 19.8. The molecule has 0 aromatic carbocycles. The van der Waals surface area contributed by atoms with E-state index in [9.17, 15) is 38.7 Å². The summed E-state index contributed by atoms with van der Waals surface area (Å²) in [6.07, 6.45) is 1.51. The lowest BCUT2D eigenvalue weighted by Gasteiger charge is -2.26. The zero-order chi connectivity index (χ0) is 36.6. The van der Waals surface area contributed by atoms with E-state index >= 15 is 0 Å². The molecule has 6 amide bonds. The number of carbonyl (C=O) groups is 7. The number of aliphatic imine (C=N–C) groups is 1.